The quantitative estimate of drug-likeness (QED) is 0.675. The summed E-state index contributed by atoms with van der Waals surface area (Å²) in [5.41, 5.74) is 0.288. The van der Waals surface area contributed by atoms with Crippen LogP contribution in [0.5, 0.6) is 0 Å². The topological polar surface area (TPSA) is 81.5 Å². The number of amides is 1. The molecule has 0 radical (unpaired) electrons. The van der Waals surface area contributed by atoms with E-state index in [2.05, 4.69) is 4.98 Å². The van der Waals surface area contributed by atoms with Gasteiger partial charge in [-0.05, 0) is 39.0 Å². The highest BCUT2D eigenvalue weighted by Crippen LogP contribution is 2.22. The maximum atomic E-state index is 12.6. The number of nitrogens with zero attached hydrogens (tertiary/aromatic N) is 3. The van der Waals surface area contributed by atoms with Gasteiger partial charge in [0.2, 0.25) is 5.91 Å². The molecule has 1 amide bonds. The third-order valence-corrected chi connectivity index (χ3v) is 4.66. The summed E-state index contributed by atoms with van der Waals surface area (Å²) in [5, 5.41) is 0.953. The number of aromatic nitrogens is 2. The molecule has 0 saturated carbocycles. The van der Waals surface area contributed by atoms with Crippen molar-refractivity contribution < 1.29 is 14.3 Å². The van der Waals surface area contributed by atoms with Gasteiger partial charge in [0, 0.05) is 25.0 Å². The molecule has 7 nitrogen and oxygen atoms in total. The van der Waals surface area contributed by atoms with Gasteiger partial charge in [0.15, 0.2) is 0 Å². The molecule has 2 rings (SSSR count). The molecule has 0 N–H and O–H groups in total. The summed E-state index contributed by atoms with van der Waals surface area (Å²) >= 11 is 6.02. The van der Waals surface area contributed by atoms with Crippen LogP contribution in [0.15, 0.2) is 23.0 Å². The molecule has 0 spiro atoms. The van der Waals surface area contributed by atoms with Crippen molar-refractivity contribution in [3.8, 4) is 0 Å². The van der Waals surface area contributed by atoms with Gasteiger partial charge in [-0.2, -0.15) is 0 Å². The SMILES string of the molecule is CCOC(=O)CCC(=O)N(CC)C(C)c1nc2cc(Cl)ccc2c(=O)n1C. The predicted octanol–water partition coefficient (Wildman–Crippen LogP) is 2.84. The van der Waals surface area contributed by atoms with Crippen LogP contribution in [0.25, 0.3) is 10.9 Å². The first-order valence-electron chi connectivity index (χ1n) is 8.91. The molecule has 0 aliphatic rings. The van der Waals surface area contributed by atoms with Gasteiger partial charge >= 0.3 is 5.97 Å². The Morgan fingerprint density at radius 3 is 2.63 bits per heavy atom. The Kier molecular flexibility index (Phi) is 6.96. The van der Waals surface area contributed by atoms with Gasteiger partial charge in [-0.25, -0.2) is 4.98 Å². The number of fused-ring (bicyclic) bond motifs is 1. The average Bonchev–Trinajstić information content (AvgIpc) is 2.63. The summed E-state index contributed by atoms with van der Waals surface area (Å²) in [5.74, 6) is -0.139. The second-order valence-electron chi connectivity index (χ2n) is 6.16. The Balaban J connectivity index is 2.32. The standard InChI is InChI=1S/C19H24ClN3O4/c1-5-23(16(24)9-10-17(25)27-6-2)12(3)18-21-15-11-13(20)7-8-14(15)19(26)22(18)4/h7-8,11-12H,5-6,9-10H2,1-4H3. The van der Waals surface area contributed by atoms with Crippen LogP contribution < -0.4 is 5.56 Å². The number of esters is 1. The minimum atomic E-state index is -0.439. The van der Waals surface area contributed by atoms with E-state index in [9.17, 15) is 14.4 Å². The zero-order valence-electron chi connectivity index (χ0n) is 16.0. The molecular formula is C19H24ClN3O4. The van der Waals surface area contributed by atoms with Crippen LogP contribution in [-0.4, -0.2) is 39.5 Å². The number of halogens is 1. The molecule has 0 aliphatic carbocycles. The minimum Gasteiger partial charge on any atom is -0.466 e. The van der Waals surface area contributed by atoms with Crippen molar-refractivity contribution in [2.75, 3.05) is 13.2 Å². The predicted molar refractivity (Wildman–Crippen MR) is 104 cm³/mol. The van der Waals surface area contributed by atoms with E-state index in [1.165, 1.54) is 4.57 Å². The van der Waals surface area contributed by atoms with E-state index < -0.39 is 12.0 Å². The zero-order chi connectivity index (χ0) is 20.1. The molecule has 1 unspecified atom stereocenters. The highest BCUT2D eigenvalue weighted by Gasteiger charge is 2.24. The van der Waals surface area contributed by atoms with Crippen molar-refractivity contribution in [2.24, 2.45) is 7.05 Å². The van der Waals surface area contributed by atoms with E-state index in [0.717, 1.165) is 0 Å². The fourth-order valence-corrected chi connectivity index (χ4v) is 3.19. The van der Waals surface area contributed by atoms with Gasteiger partial charge in [-0.3, -0.25) is 19.0 Å². The van der Waals surface area contributed by atoms with Crippen LogP contribution in [0.1, 0.15) is 45.5 Å². The van der Waals surface area contributed by atoms with Gasteiger partial charge < -0.3 is 9.64 Å². The smallest absolute Gasteiger partial charge is 0.306 e. The van der Waals surface area contributed by atoms with Gasteiger partial charge in [0.1, 0.15) is 5.82 Å². The molecule has 1 aromatic carbocycles. The summed E-state index contributed by atoms with van der Waals surface area (Å²) in [6.07, 6.45) is 0.0694. The maximum absolute atomic E-state index is 12.6. The van der Waals surface area contributed by atoms with Gasteiger partial charge in [-0.15, -0.1) is 0 Å². The summed E-state index contributed by atoms with van der Waals surface area (Å²) in [4.78, 5) is 42.9. The van der Waals surface area contributed by atoms with Crippen molar-refractivity contribution in [2.45, 2.75) is 39.7 Å². The normalized spacial score (nSPS) is 12.0. The van der Waals surface area contributed by atoms with E-state index >= 15 is 0 Å². The lowest BCUT2D eigenvalue weighted by Gasteiger charge is -2.28. The number of rotatable bonds is 7. The van der Waals surface area contributed by atoms with Crippen LogP contribution in [-0.2, 0) is 21.4 Å². The Bertz CT molecular complexity index is 910. The molecule has 0 fully saturated rings. The number of carbonyl (C=O) groups excluding carboxylic acids is 2. The zero-order valence-corrected chi connectivity index (χ0v) is 16.7. The lowest BCUT2D eigenvalue weighted by Crippen LogP contribution is -2.37. The Morgan fingerprint density at radius 1 is 1.30 bits per heavy atom. The number of ether oxygens (including phenoxy) is 1. The van der Waals surface area contributed by atoms with Crippen molar-refractivity contribution in [1.29, 1.82) is 0 Å². The molecule has 1 atom stereocenters. The lowest BCUT2D eigenvalue weighted by atomic mass is 10.2. The van der Waals surface area contributed by atoms with Crippen molar-refractivity contribution >= 4 is 34.4 Å². The first kappa shape index (κ1) is 20.9. The molecule has 1 heterocycles. The summed E-state index contributed by atoms with van der Waals surface area (Å²) in [7, 11) is 1.63. The van der Waals surface area contributed by atoms with Gasteiger partial charge in [0.05, 0.1) is 30.0 Å². The van der Waals surface area contributed by atoms with Crippen LogP contribution in [0, 0.1) is 0 Å². The molecule has 2 aromatic rings. The third-order valence-electron chi connectivity index (χ3n) is 4.42. The van der Waals surface area contributed by atoms with Crippen LogP contribution in [0.3, 0.4) is 0 Å². The van der Waals surface area contributed by atoms with E-state index in [1.54, 1.807) is 37.1 Å². The van der Waals surface area contributed by atoms with Crippen molar-refractivity contribution in [3.05, 3.63) is 39.4 Å². The number of hydrogen-bond donors (Lipinski definition) is 0. The highest BCUT2D eigenvalue weighted by atomic mass is 35.5. The monoisotopic (exact) mass is 393 g/mol. The summed E-state index contributed by atoms with van der Waals surface area (Å²) < 4.78 is 6.31. The fraction of sp³-hybridized carbons (Fsp3) is 0.474. The van der Waals surface area contributed by atoms with Gasteiger partial charge in [0.25, 0.3) is 5.56 Å². The van der Waals surface area contributed by atoms with Crippen LogP contribution in [0.4, 0.5) is 0 Å². The molecule has 0 aliphatic heterocycles. The Hall–Kier alpha value is -2.41. The second kappa shape index (κ2) is 8.99. The van der Waals surface area contributed by atoms with Crippen LogP contribution >= 0.6 is 11.6 Å². The first-order valence-corrected chi connectivity index (χ1v) is 9.29. The molecule has 8 heteroatoms. The molecule has 27 heavy (non-hydrogen) atoms. The van der Waals surface area contributed by atoms with Crippen LogP contribution in [0.2, 0.25) is 5.02 Å². The number of benzene rings is 1. The van der Waals surface area contributed by atoms with E-state index in [0.29, 0.717) is 28.3 Å². The minimum absolute atomic E-state index is 0.0234. The van der Waals surface area contributed by atoms with E-state index in [4.69, 9.17) is 16.3 Å². The number of carbonyl (C=O) groups is 2. The lowest BCUT2D eigenvalue weighted by molar-refractivity contribution is -0.146. The molecule has 1 aromatic heterocycles. The number of hydrogen-bond acceptors (Lipinski definition) is 5. The summed E-state index contributed by atoms with van der Waals surface area (Å²) in [6, 6.07) is 4.48. The Labute approximate surface area is 162 Å². The molecule has 146 valence electrons. The Morgan fingerprint density at radius 2 is 2.00 bits per heavy atom. The third kappa shape index (κ3) is 4.66. The molecular weight excluding hydrogens is 370 g/mol. The molecule has 0 bridgehead atoms. The van der Waals surface area contributed by atoms with E-state index in [1.807, 2.05) is 13.8 Å². The fourth-order valence-electron chi connectivity index (χ4n) is 3.03. The second-order valence-corrected chi connectivity index (χ2v) is 6.59. The maximum Gasteiger partial charge on any atom is 0.306 e. The van der Waals surface area contributed by atoms with Crippen molar-refractivity contribution in [1.82, 2.24) is 14.5 Å². The van der Waals surface area contributed by atoms with Gasteiger partial charge in [-0.1, -0.05) is 11.6 Å². The highest BCUT2D eigenvalue weighted by molar-refractivity contribution is 6.31. The average molecular weight is 394 g/mol. The van der Waals surface area contributed by atoms with Crippen molar-refractivity contribution in [3.63, 3.8) is 0 Å². The van der Waals surface area contributed by atoms with E-state index in [-0.39, 0.29) is 30.9 Å². The summed E-state index contributed by atoms with van der Waals surface area (Å²) in [6.45, 7) is 6.08. The molecule has 0 saturated heterocycles. The first-order chi connectivity index (χ1) is 12.8. The largest absolute Gasteiger partial charge is 0.466 e.